The van der Waals surface area contributed by atoms with E-state index in [0.717, 1.165) is 41.8 Å². The lowest BCUT2D eigenvalue weighted by Crippen LogP contribution is -2.09. The third kappa shape index (κ3) is 3.15. The number of carbonyl (C=O) groups is 1. The zero-order valence-corrected chi connectivity index (χ0v) is 13.9. The summed E-state index contributed by atoms with van der Waals surface area (Å²) in [6.45, 7) is 2.09. The van der Waals surface area contributed by atoms with Crippen molar-refractivity contribution < 1.29 is 14.3 Å². The van der Waals surface area contributed by atoms with Crippen LogP contribution in [0.2, 0.25) is 0 Å². The normalized spacial score (nSPS) is 13.9. The average molecular weight is 324 g/mol. The Kier molecular flexibility index (Phi) is 4.89. The first-order valence-corrected chi connectivity index (χ1v) is 8.09. The minimum Gasteiger partial charge on any atom is -0.496 e. The minimum absolute atomic E-state index is 0.244. The Hall–Kier alpha value is -2.69. The number of benzene rings is 1. The van der Waals surface area contributed by atoms with Crippen molar-refractivity contribution in [3.8, 4) is 5.75 Å². The minimum atomic E-state index is -0.440. The monoisotopic (exact) mass is 324 g/mol. The van der Waals surface area contributed by atoms with Crippen LogP contribution in [0.4, 0.5) is 0 Å². The molecule has 5 nitrogen and oxygen atoms in total. The van der Waals surface area contributed by atoms with Gasteiger partial charge in [-0.1, -0.05) is 18.2 Å². The first-order chi connectivity index (χ1) is 11.7. The number of rotatable bonds is 5. The van der Waals surface area contributed by atoms with Gasteiger partial charge >= 0.3 is 5.97 Å². The van der Waals surface area contributed by atoms with Crippen molar-refractivity contribution in [1.29, 1.82) is 0 Å². The fourth-order valence-electron chi connectivity index (χ4n) is 3.03. The molecule has 3 rings (SSSR count). The van der Waals surface area contributed by atoms with E-state index in [2.05, 4.69) is 16.0 Å². The predicted molar refractivity (Wildman–Crippen MR) is 91.6 cm³/mol. The van der Waals surface area contributed by atoms with Crippen molar-refractivity contribution in [1.82, 2.24) is 9.97 Å². The third-order valence-corrected chi connectivity index (χ3v) is 4.08. The van der Waals surface area contributed by atoms with Crippen LogP contribution in [-0.4, -0.2) is 29.7 Å². The number of para-hydroxylation sites is 1. The molecule has 0 spiro atoms. The summed E-state index contributed by atoms with van der Waals surface area (Å²) in [5.41, 5.74) is 4.39. The number of ether oxygens (including phenoxy) is 2. The van der Waals surface area contributed by atoms with E-state index in [0.29, 0.717) is 6.61 Å². The summed E-state index contributed by atoms with van der Waals surface area (Å²) < 4.78 is 10.5. The largest absolute Gasteiger partial charge is 0.496 e. The van der Waals surface area contributed by atoms with Crippen molar-refractivity contribution in [3.05, 3.63) is 53.6 Å². The molecule has 0 radical (unpaired) electrons. The maximum absolute atomic E-state index is 11.9. The van der Waals surface area contributed by atoms with E-state index in [1.807, 2.05) is 18.2 Å². The molecule has 0 fully saturated rings. The molecule has 1 aromatic carbocycles. The number of hydrogen-bond donors (Lipinski definition) is 0. The summed E-state index contributed by atoms with van der Waals surface area (Å²) in [5.74, 6) is 0.408. The molecule has 0 saturated heterocycles. The van der Waals surface area contributed by atoms with Gasteiger partial charge in [0.05, 0.1) is 31.8 Å². The molecular formula is C19H20N2O3. The zero-order chi connectivity index (χ0) is 16.9. The first kappa shape index (κ1) is 16.2. The van der Waals surface area contributed by atoms with Gasteiger partial charge < -0.3 is 9.47 Å². The average Bonchev–Trinajstić information content (AvgIpc) is 3.11. The summed E-state index contributed by atoms with van der Waals surface area (Å²) in [5, 5.41) is 0. The maximum atomic E-state index is 11.9. The van der Waals surface area contributed by atoms with Crippen molar-refractivity contribution in [2.75, 3.05) is 13.7 Å². The quantitative estimate of drug-likeness (QED) is 0.784. The van der Waals surface area contributed by atoms with Gasteiger partial charge in [-0.3, -0.25) is 4.98 Å². The van der Waals surface area contributed by atoms with Crippen LogP contribution in [0.15, 0.2) is 36.7 Å². The fourth-order valence-corrected chi connectivity index (χ4v) is 3.03. The van der Waals surface area contributed by atoms with Crippen LogP contribution >= 0.6 is 0 Å². The van der Waals surface area contributed by atoms with E-state index in [1.165, 1.54) is 11.8 Å². The predicted octanol–water partition coefficient (Wildman–Crippen LogP) is 3.76. The molecule has 2 aromatic rings. The lowest BCUT2D eigenvalue weighted by molar-refractivity contribution is 0.0519. The van der Waals surface area contributed by atoms with Gasteiger partial charge in [-0.15, -0.1) is 0 Å². The molecular weight excluding hydrogens is 304 g/mol. The zero-order valence-electron chi connectivity index (χ0n) is 13.9. The summed E-state index contributed by atoms with van der Waals surface area (Å²) in [7, 11) is 1.68. The molecule has 0 atom stereocenters. The van der Waals surface area contributed by atoms with E-state index >= 15 is 0 Å². The number of hydrogen-bond acceptors (Lipinski definition) is 5. The highest BCUT2D eigenvalue weighted by molar-refractivity contribution is 5.94. The fraction of sp³-hybridized carbons (Fsp3) is 0.316. The Morgan fingerprint density at radius 1 is 1.17 bits per heavy atom. The molecule has 1 aliphatic carbocycles. The highest BCUT2D eigenvalue weighted by atomic mass is 16.5. The van der Waals surface area contributed by atoms with E-state index in [4.69, 9.17) is 9.47 Å². The van der Waals surface area contributed by atoms with Gasteiger partial charge in [0.15, 0.2) is 5.69 Å². The van der Waals surface area contributed by atoms with E-state index in [9.17, 15) is 4.79 Å². The second-order valence-corrected chi connectivity index (χ2v) is 5.52. The molecule has 24 heavy (non-hydrogen) atoms. The molecule has 1 aliphatic rings. The van der Waals surface area contributed by atoms with Crippen LogP contribution in [-0.2, 0) is 4.74 Å². The SMILES string of the molecule is CCOC(=O)c1cncc(C2=C(c3ccccc3OC)CCC2)n1. The highest BCUT2D eigenvalue weighted by Crippen LogP contribution is 2.41. The molecule has 0 saturated carbocycles. The highest BCUT2D eigenvalue weighted by Gasteiger charge is 2.22. The number of allylic oxidation sites excluding steroid dienone is 2. The molecule has 5 heteroatoms. The van der Waals surface area contributed by atoms with Crippen molar-refractivity contribution in [2.24, 2.45) is 0 Å². The van der Waals surface area contributed by atoms with Gasteiger partial charge in [0.1, 0.15) is 5.75 Å². The molecule has 0 bridgehead atoms. The van der Waals surface area contributed by atoms with Crippen LogP contribution < -0.4 is 4.74 Å². The van der Waals surface area contributed by atoms with E-state index in [-0.39, 0.29) is 5.69 Å². The number of aromatic nitrogens is 2. The Morgan fingerprint density at radius 2 is 1.96 bits per heavy atom. The lowest BCUT2D eigenvalue weighted by atomic mass is 9.99. The molecule has 0 aliphatic heterocycles. The summed E-state index contributed by atoms with van der Waals surface area (Å²) in [6.07, 6.45) is 6.07. The molecule has 1 heterocycles. The van der Waals surface area contributed by atoms with Crippen molar-refractivity contribution >= 4 is 17.1 Å². The van der Waals surface area contributed by atoms with Crippen LogP contribution in [0.3, 0.4) is 0 Å². The third-order valence-electron chi connectivity index (χ3n) is 4.08. The van der Waals surface area contributed by atoms with Gasteiger partial charge in [0, 0.05) is 5.56 Å². The lowest BCUT2D eigenvalue weighted by Gasteiger charge is -2.12. The molecule has 0 unspecified atom stereocenters. The smallest absolute Gasteiger partial charge is 0.358 e. The van der Waals surface area contributed by atoms with Crippen LogP contribution in [0.5, 0.6) is 5.75 Å². The molecule has 124 valence electrons. The molecule has 1 aromatic heterocycles. The molecule has 0 amide bonds. The van der Waals surface area contributed by atoms with Crippen molar-refractivity contribution in [2.45, 2.75) is 26.2 Å². The standard InChI is InChI=1S/C19H20N2O3/c1-3-24-19(22)17-12-20-11-16(21-17)14-9-6-8-13(14)15-7-4-5-10-18(15)23-2/h4-5,7,10-12H,3,6,8-9H2,1-2H3. The van der Waals surface area contributed by atoms with E-state index < -0.39 is 5.97 Å². The van der Waals surface area contributed by atoms with Crippen LogP contribution in [0, 0.1) is 0 Å². The second-order valence-electron chi connectivity index (χ2n) is 5.52. The maximum Gasteiger partial charge on any atom is 0.358 e. The van der Waals surface area contributed by atoms with E-state index in [1.54, 1.807) is 20.2 Å². The summed E-state index contributed by atoms with van der Waals surface area (Å²) >= 11 is 0. The van der Waals surface area contributed by atoms with Gasteiger partial charge in [-0.2, -0.15) is 0 Å². The summed E-state index contributed by atoms with van der Waals surface area (Å²) in [6, 6.07) is 7.97. The Balaban J connectivity index is 2.04. The number of methoxy groups -OCH3 is 1. The first-order valence-electron chi connectivity index (χ1n) is 8.09. The Morgan fingerprint density at radius 3 is 2.75 bits per heavy atom. The van der Waals surface area contributed by atoms with Gasteiger partial charge in [0.25, 0.3) is 0 Å². The molecule has 0 N–H and O–H groups in total. The number of nitrogens with zero attached hydrogens (tertiary/aromatic N) is 2. The number of carbonyl (C=O) groups excluding carboxylic acids is 1. The van der Waals surface area contributed by atoms with Crippen LogP contribution in [0.25, 0.3) is 11.1 Å². The second kappa shape index (κ2) is 7.25. The Bertz CT molecular complexity index is 784. The van der Waals surface area contributed by atoms with Gasteiger partial charge in [-0.05, 0) is 43.4 Å². The van der Waals surface area contributed by atoms with Gasteiger partial charge in [-0.25, -0.2) is 9.78 Å². The van der Waals surface area contributed by atoms with Crippen LogP contribution in [0.1, 0.15) is 47.9 Å². The van der Waals surface area contributed by atoms with Crippen molar-refractivity contribution in [3.63, 3.8) is 0 Å². The topological polar surface area (TPSA) is 61.3 Å². The Labute approximate surface area is 141 Å². The summed E-state index contributed by atoms with van der Waals surface area (Å²) in [4.78, 5) is 20.5. The number of esters is 1. The van der Waals surface area contributed by atoms with Gasteiger partial charge in [0.2, 0.25) is 0 Å².